The van der Waals surface area contributed by atoms with E-state index in [1.165, 1.54) is 16.3 Å². The third kappa shape index (κ3) is 5.61. The summed E-state index contributed by atoms with van der Waals surface area (Å²) >= 11 is 1.38. The Morgan fingerprint density at radius 1 is 1.21 bits per heavy atom. The molecule has 1 aliphatic rings. The van der Waals surface area contributed by atoms with Crippen molar-refractivity contribution >= 4 is 28.9 Å². The fraction of sp³-hybridized carbons (Fsp3) is 0.478. The van der Waals surface area contributed by atoms with E-state index in [9.17, 15) is 13.6 Å². The Balaban J connectivity index is 1.48. The first-order valence-corrected chi connectivity index (χ1v) is 12.3. The van der Waals surface area contributed by atoms with Gasteiger partial charge in [-0.15, -0.1) is 0 Å². The highest BCUT2D eigenvalue weighted by molar-refractivity contribution is 7.98. The van der Waals surface area contributed by atoms with Gasteiger partial charge in [-0.2, -0.15) is 0 Å². The maximum absolute atomic E-state index is 13.8. The molecule has 2 heterocycles. The molecule has 0 unspecified atom stereocenters. The van der Waals surface area contributed by atoms with E-state index in [1.54, 1.807) is 30.3 Å². The standard InChI is InChI=1S/C23H27F2N5O2S/c1-33-22-26-16(6-4-5-14-9-11-15(12-10-14)27-23(31)32)13-19(29-22)30-18-8-3-2-7-17(18)28-21(30)20(24)25/h2-3,7-8,13-15,20,27H,4-6,9-12H2,1H3,(H,31,32)/t14-,15-. The van der Waals surface area contributed by atoms with Gasteiger partial charge < -0.3 is 10.4 Å². The van der Waals surface area contributed by atoms with Crippen molar-refractivity contribution in [2.75, 3.05) is 6.26 Å². The zero-order valence-corrected chi connectivity index (χ0v) is 19.2. The van der Waals surface area contributed by atoms with E-state index in [2.05, 4.69) is 20.3 Å². The number of imidazole rings is 1. The Morgan fingerprint density at radius 3 is 2.67 bits per heavy atom. The van der Waals surface area contributed by atoms with Gasteiger partial charge in [0.2, 0.25) is 0 Å². The predicted molar refractivity (Wildman–Crippen MR) is 123 cm³/mol. The minimum absolute atomic E-state index is 0.0568. The Hall–Kier alpha value is -2.75. The van der Waals surface area contributed by atoms with Crippen molar-refractivity contribution in [3.8, 4) is 5.82 Å². The van der Waals surface area contributed by atoms with Crippen LogP contribution in [0.4, 0.5) is 13.6 Å². The van der Waals surface area contributed by atoms with Crippen molar-refractivity contribution in [1.29, 1.82) is 0 Å². The topological polar surface area (TPSA) is 92.9 Å². The highest BCUT2D eigenvalue weighted by atomic mass is 32.2. The number of benzene rings is 1. The lowest BCUT2D eigenvalue weighted by molar-refractivity contribution is 0.139. The Bertz CT molecular complexity index is 1120. The first kappa shape index (κ1) is 23.4. The molecule has 7 nitrogen and oxygen atoms in total. The van der Waals surface area contributed by atoms with Crippen LogP contribution in [-0.2, 0) is 6.42 Å². The normalized spacial score (nSPS) is 18.7. The highest BCUT2D eigenvalue weighted by Crippen LogP contribution is 2.30. The number of rotatable bonds is 8. The van der Waals surface area contributed by atoms with Crippen LogP contribution in [0.5, 0.6) is 0 Å². The maximum atomic E-state index is 13.8. The number of carbonyl (C=O) groups is 1. The minimum Gasteiger partial charge on any atom is -0.465 e. The summed E-state index contributed by atoms with van der Waals surface area (Å²) in [6.07, 6.45) is 4.64. The van der Waals surface area contributed by atoms with Gasteiger partial charge in [0, 0.05) is 17.8 Å². The number of hydrogen-bond donors (Lipinski definition) is 2. The lowest BCUT2D eigenvalue weighted by Gasteiger charge is -2.28. The number of nitrogens with zero attached hydrogens (tertiary/aromatic N) is 4. The molecule has 0 saturated heterocycles. The van der Waals surface area contributed by atoms with Gasteiger partial charge in [-0.05, 0) is 62.8 Å². The van der Waals surface area contributed by atoms with Crippen LogP contribution in [0.1, 0.15) is 56.5 Å². The van der Waals surface area contributed by atoms with E-state index in [4.69, 9.17) is 5.11 Å². The second-order valence-corrected chi connectivity index (χ2v) is 9.13. The molecule has 0 atom stereocenters. The first-order valence-electron chi connectivity index (χ1n) is 11.1. The summed E-state index contributed by atoms with van der Waals surface area (Å²) in [6, 6.07) is 8.90. The van der Waals surface area contributed by atoms with Crippen molar-refractivity contribution in [2.45, 2.75) is 62.6 Å². The van der Waals surface area contributed by atoms with E-state index in [0.717, 1.165) is 50.6 Å². The van der Waals surface area contributed by atoms with E-state index in [0.29, 0.717) is 27.9 Å². The number of nitrogens with one attached hydrogen (secondary N) is 1. The third-order valence-corrected chi connectivity index (χ3v) is 6.71. The molecule has 2 aromatic heterocycles. The first-order chi connectivity index (χ1) is 15.9. The van der Waals surface area contributed by atoms with Crippen LogP contribution in [0.15, 0.2) is 35.5 Å². The molecule has 1 amide bonds. The summed E-state index contributed by atoms with van der Waals surface area (Å²) in [6.45, 7) is 0. The molecule has 4 rings (SSSR count). The number of halogens is 2. The number of carboxylic acid groups (broad SMARTS) is 1. The number of fused-ring (bicyclic) bond motifs is 1. The number of para-hydroxylation sites is 2. The van der Waals surface area contributed by atoms with Crippen LogP contribution in [0.25, 0.3) is 16.9 Å². The summed E-state index contributed by atoms with van der Waals surface area (Å²) in [5.41, 5.74) is 1.92. The SMILES string of the molecule is CSc1nc(CCC[C@H]2CC[C@H](NC(=O)O)CC2)cc(-n2c(C(F)F)nc3ccccc32)n1. The molecule has 0 bridgehead atoms. The monoisotopic (exact) mass is 475 g/mol. The van der Waals surface area contributed by atoms with Gasteiger partial charge in [-0.25, -0.2) is 28.5 Å². The molecule has 1 aliphatic carbocycles. The Morgan fingerprint density at radius 2 is 1.97 bits per heavy atom. The van der Waals surface area contributed by atoms with Gasteiger partial charge in [-0.1, -0.05) is 30.3 Å². The van der Waals surface area contributed by atoms with E-state index < -0.39 is 12.5 Å². The number of aryl methyl sites for hydroxylation is 1. The van der Waals surface area contributed by atoms with E-state index >= 15 is 0 Å². The van der Waals surface area contributed by atoms with Crippen molar-refractivity contribution in [3.63, 3.8) is 0 Å². The fourth-order valence-corrected chi connectivity index (χ4v) is 4.96. The largest absolute Gasteiger partial charge is 0.465 e. The predicted octanol–water partition coefficient (Wildman–Crippen LogP) is 5.62. The molecular weight excluding hydrogens is 448 g/mol. The van der Waals surface area contributed by atoms with Gasteiger partial charge in [0.15, 0.2) is 11.0 Å². The Labute approximate surface area is 195 Å². The molecule has 3 aromatic rings. The molecule has 33 heavy (non-hydrogen) atoms. The average molecular weight is 476 g/mol. The third-order valence-electron chi connectivity index (χ3n) is 6.16. The van der Waals surface area contributed by atoms with Gasteiger partial charge in [0.1, 0.15) is 5.82 Å². The van der Waals surface area contributed by atoms with E-state index in [-0.39, 0.29) is 11.9 Å². The molecule has 1 fully saturated rings. The van der Waals surface area contributed by atoms with Crippen LogP contribution in [0, 0.1) is 5.92 Å². The smallest absolute Gasteiger partial charge is 0.404 e. The van der Waals surface area contributed by atoms with Crippen LogP contribution in [0.3, 0.4) is 0 Å². The van der Waals surface area contributed by atoms with Crippen LogP contribution in [0.2, 0.25) is 0 Å². The second kappa shape index (κ2) is 10.5. The zero-order chi connectivity index (χ0) is 23.4. The summed E-state index contributed by atoms with van der Waals surface area (Å²) in [4.78, 5) is 24.0. The summed E-state index contributed by atoms with van der Waals surface area (Å²) in [5.74, 6) is 0.662. The lowest BCUT2D eigenvalue weighted by Crippen LogP contribution is -2.36. The summed E-state index contributed by atoms with van der Waals surface area (Å²) in [5, 5.41) is 12.0. The van der Waals surface area contributed by atoms with Crippen molar-refractivity contribution < 1.29 is 18.7 Å². The molecule has 10 heteroatoms. The highest BCUT2D eigenvalue weighted by Gasteiger charge is 2.23. The zero-order valence-electron chi connectivity index (χ0n) is 18.4. The van der Waals surface area contributed by atoms with Gasteiger partial charge in [0.25, 0.3) is 6.43 Å². The van der Waals surface area contributed by atoms with Crippen LogP contribution in [-0.4, -0.2) is 43.0 Å². The van der Waals surface area contributed by atoms with Crippen molar-refractivity contribution in [1.82, 2.24) is 24.8 Å². The van der Waals surface area contributed by atoms with Crippen molar-refractivity contribution in [2.24, 2.45) is 5.92 Å². The molecule has 0 spiro atoms. The van der Waals surface area contributed by atoms with Gasteiger partial charge in [-0.3, -0.25) is 4.57 Å². The summed E-state index contributed by atoms with van der Waals surface area (Å²) < 4.78 is 29.0. The lowest BCUT2D eigenvalue weighted by atomic mass is 9.83. The van der Waals surface area contributed by atoms with Gasteiger partial charge >= 0.3 is 6.09 Å². The quantitative estimate of drug-likeness (QED) is 0.324. The maximum Gasteiger partial charge on any atom is 0.404 e. The number of alkyl halides is 2. The number of hydrogen-bond acceptors (Lipinski definition) is 5. The number of amides is 1. The molecule has 1 aromatic carbocycles. The number of aromatic nitrogens is 4. The number of thioether (sulfide) groups is 1. The van der Waals surface area contributed by atoms with Crippen LogP contribution >= 0.6 is 11.8 Å². The van der Waals surface area contributed by atoms with E-state index in [1.807, 2.05) is 6.26 Å². The van der Waals surface area contributed by atoms with Crippen LogP contribution < -0.4 is 5.32 Å². The molecular formula is C23H27F2N5O2S. The van der Waals surface area contributed by atoms with Crippen molar-refractivity contribution in [3.05, 3.63) is 41.9 Å². The molecule has 0 aliphatic heterocycles. The molecule has 176 valence electrons. The minimum atomic E-state index is -2.72. The second-order valence-electron chi connectivity index (χ2n) is 8.36. The molecule has 0 radical (unpaired) electrons. The Kier molecular flexibility index (Phi) is 7.42. The summed E-state index contributed by atoms with van der Waals surface area (Å²) in [7, 11) is 0. The average Bonchev–Trinajstić information content (AvgIpc) is 3.20. The fourth-order valence-electron chi connectivity index (χ4n) is 4.57. The molecule has 2 N–H and O–H groups in total. The molecule has 1 saturated carbocycles. The van der Waals surface area contributed by atoms with Gasteiger partial charge in [0.05, 0.1) is 11.0 Å².